The molecule has 0 unspecified atom stereocenters. The fraction of sp³-hybridized carbons (Fsp3) is 0.231. The van der Waals surface area contributed by atoms with Crippen molar-refractivity contribution in [2.24, 2.45) is 7.05 Å². The molecule has 2 rings (SSSR count). The van der Waals surface area contributed by atoms with E-state index in [4.69, 9.17) is 5.73 Å². The third-order valence-corrected chi connectivity index (χ3v) is 2.81. The maximum Gasteiger partial charge on any atom is 0.257 e. The van der Waals surface area contributed by atoms with Gasteiger partial charge in [0.2, 0.25) is 0 Å². The van der Waals surface area contributed by atoms with E-state index in [0.717, 1.165) is 11.1 Å². The number of hydrogen-bond donors (Lipinski definition) is 2. The second-order valence-electron chi connectivity index (χ2n) is 4.35. The van der Waals surface area contributed by atoms with E-state index in [0.29, 0.717) is 17.1 Å². The Labute approximate surface area is 106 Å². The van der Waals surface area contributed by atoms with Gasteiger partial charge in [-0.25, -0.2) is 0 Å². The Bertz CT molecular complexity index is 601. The molecule has 0 saturated carbocycles. The average Bonchev–Trinajstić information content (AvgIpc) is 2.69. The number of amides is 1. The van der Waals surface area contributed by atoms with Gasteiger partial charge in [0.15, 0.2) is 5.82 Å². The summed E-state index contributed by atoms with van der Waals surface area (Å²) in [6.45, 7) is 3.81. The van der Waals surface area contributed by atoms with E-state index in [2.05, 4.69) is 10.4 Å². The number of hydrogen-bond acceptors (Lipinski definition) is 3. The Morgan fingerprint density at radius 1 is 1.33 bits per heavy atom. The maximum absolute atomic E-state index is 12.1. The molecule has 0 bridgehead atoms. The first-order valence-electron chi connectivity index (χ1n) is 5.65. The molecule has 0 saturated heterocycles. The topological polar surface area (TPSA) is 72.9 Å². The summed E-state index contributed by atoms with van der Waals surface area (Å²) < 4.78 is 1.63. The highest BCUT2D eigenvalue weighted by molar-refractivity contribution is 6.05. The van der Waals surface area contributed by atoms with Crippen molar-refractivity contribution in [1.82, 2.24) is 9.78 Å². The van der Waals surface area contributed by atoms with Crippen molar-refractivity contribution in [3.05, 3.63) is 41.1 Å². The molecule has 1 aromatic heterocycles. The molecule has 0 aliphatic carbocycles. The summed E-state index contributed by atoms with van der Waals surface area (Å²) in [4.78, 5) is 12.1. The molecule has 3 N–H and O–H groups in total. The van der Waals surface area contributed by atoms with Gasteiger partial charge in [0.1, 0.15) is 0 Å². The van der Waals surface area contributed by atoms with Gasteiger partial charge in [0.25, 0.3) is 5.91 Å². The molecule has 5 nitrogen and oxygen atoms in total. The summed E-state index contributed by atoms with van der Waals surface area (Å²) in [6.07, 6.45) is 1.77. The lowest BCUT2D eigenvalue weighted by atomic mass is 10.0. The highest BCUT2D eigenvalue weighted by Crippen LogP contribution is 2.18. The molecule has 1 amide bonds. The molecule has 0 radical (unpaired) electrons. The first-order valence-corrected chi connectivity index (χ1v) is 5.65. The van der Waals surface area contributed by atoms with Gasteiger partial charge in [0.05, 0.1) is 0 Å². The SMILES string of the molecule is Cc1cc(C)c(C(=O)Nc2ccn(C)n2)cc1N. The zero-order valence-corrected chi connectivity index (χ0v) is 10.7. The Hall–Kier alpha value is -2.30. The predicted molar refractivity (Wildman–Crippen MR) is 71.5 cm³/mol. The quantitative estimate of drug-likeness (QED) is 0.792. The van der Waals surface area contributed by atoms with Crippen LogP contribution in [0, 0.1) is 13.8 Å². The number of nitrogens with one attached hydrogen (secondary N) is 1. The molecule has 0 aliphatic rings. The first kappa shape index (κ1) is 12.2. The third kappa shape index (κ3) is 2.34. The molecule has 1 aromatic carbocycles. The van der Waals surface area contributed by atoms with Gasteiger partial charge in [-0.2, -0.15) is 5.10 Å². The molecule has 0 aliphatic heterocycles. The Morgan fingerprint density at radius 3 is 2.67 bits per heavy atom. The second-order valence-corrected chi connectivity index (χ2v) is 4.35. The molecule has 1 heterocycles. The summed E-state index contributed by atoms with van der Waals surface area (Å²) >= 11 is 0. The van der Waals surface area contributed by atoms with Crippen LogP contribution < -0.4 is 11.1 Å². The number of carbonyl (C=O) groups excluding carboxylic acids is 1. The Morgan fingerprint density at radius 2 is 2.06 bits per heavy atom. The van der Waals surface area contributed by atoms with E-state index < -0.39 is 0 Å². The van der Waals surface area contributed by atoms with Crippen molar-refractivity contribution in [1.29, 1.82) is 0 Å². The zero-order valence-electron chi connectivity index (χ0n) is 10.7. The predicted octanol–water partition coefficient (Wildman–Crippen LogP) is 1.87. The first-order chi connectivity index (χ1) is 8.47. The highest BCUT2D eigenvalue weighted by atomic mass is 16.1. The fourth-order valence-electron chi connectivity index (χ4n) is 1.78. The van der Waals surface area contributed by atoms with Gasteiger partial charge >= 0.3 is 0 Å². The van der Waals surface area contributed by atoms with Crippen LogP contribution in [0.4, 0.5) is 11.5 Å². The fourth-order valence-corrected chi connectivity index (χ4v) is 1.78. The number of rotatable bonds is 2. The summed E-state index contributed by atoms with van der Waals surface area (Å²) in [5.74, 6) is 0.332. The molecular weight excluding hydrogens is 228 g/mol. The van der Waals surface area contributed by atoms with Crippen LogP contribution in [-0.4, -0.2) is 15.7 Å². The number of nitrogen functional groups attached to an aromatic ring is 1. The molecule has 5 heteroatoms. The minimum absolute atomic E-state index is 0.196. The number of aromatic nitrogens is 2. The van der Waals surface area contributed by atoms with Crippen molar-refractivity contribution in [2.45, 2.75) is 13.8 Å². The van der Waals surface area contributed by atoms with Crippen molar-refractivity contribution >= 4 is 17.4 Å². The normalized spacial score (nSPS) is 10.4. The molecule has 2 aromatic rings. The largest absolute Gasteiger partial charge is 0.398 e. The average molecular weight is 244 g/mol. The third-order valence-electron chi connectivity index (χ3n) is 2.81. The van der Waals surface area contributed by atoms with Crippen LogP contribution in [0.1, 0.15) is 21.5 Å². The van der Waals surface area contributed by atoms with Crippen LogP contribution in [-0.2, 0) is 7.05 Å². The zero-order chi connectivity index (χ0) is 13.3. The van der Waals surface area contributed by atoms with E-state index >= 15 is 0 Å². The maximum atomic E-state index is 12.1. The number of nitrogens with zero attached hydrogens (tertiary/aromatic N) is 2. The minimum atomic E-state index is -0.196. The Kier molecular flexibility index (Phi) is 3.06. The second kappa shape index (κ2) is 4.52. The molecule has 0 spiro atoms. The minimum Gasteiger partial charge on any atom is -0.398 e. The van der Waals surface area contributed by atoms with Gasteiger partial charge in [-0.05, 0) is 31.0 Å². The van der Waals surface area contributed by atoms with E-state index in [1.54, 1.807) is 30.1 Å². The molecular formula is C13H16N4O. The van der Waals surface area contributed by atoms with Crippen molar-refractivity contribution in [2.75, 3.05) is 11.1 Å². The standard InChI is InChI=1S/C13H16N4O/c1-8-6-9(2)11(14)7-10(8)13(18)15-12-4-5-17(3)16-12/h4-7H,14H2,1-3H3,(H,15,16,18). The van der Waals surface area contributed by atoms with E-state index in [9.17, 15) is 4.79 Å². The van der Waals surface area contributed by atoms with Crippen molar-refractivity contribution < 1.29 is 4.79 Å². The lowest BCUT2D eigenvalue weighted by Gasteiger charge is -2.09. The number of benzene rings is 1. The van der Waals surface area contributed by atoms with Crippen molar-refractivity contribution in [3.63, 3.8) is 0 Å². The molecule has 18 heavy (non-hydrogen) atoms. The van der Waals surface area contributed by atoms with Crippen LogP contribution in [0.5, 0.6) is 0 Å². The van der Waals surface area contributed by atoms with Gasteiger partial charge in [-0.3, -0.25) is 9.48 Å². The highest BCUT2D eigenvalue weighted by Gasteiger charge is 2.12. The van der Waals surface area contributed by atoms with Crippen LogP contribution in [0.15, 0.2) is 24.4 Å². The number of carbonyl (C=O) groups is 1. The molecule has 0 fully saturated rings. The van der Waals surface area contributed by atoms with Crippen LogP contribution in [0.2, 0.25) is 0 Å². The number of anilines is 2. The van der Waals surface area contributed by atoms with Crippen molar-refractivity contribution in [3.8, 4) is 0 Å². The van der Waals surface area contributed by atoms with E-state index in [1.165, 1.54) is 0 Å². The van der Waals surface area contributed by atoms with E-state index in [1.807, 2.05) is 19.9 Å². The van der Waals surface area contributed by atoms with Gasteiger partial charge in [-0.15, -0.1) is 0 Å². The lowest BCUT2D eigenvalue weighted by Crippen LogP contribution is -2.14. The lowest BCUT2D eigenvalue weighted by molar-refractivity contribution is 0.102. The monoisotopic (exact) mass is 244 g/mol. The number of nitrogens with two attached hydrogens (primary N) is 1. The van der Waals surface area contributed by atoms with Crippen LogP contribution in [0.25, 0.3) is 0 Å². The molecule has 94 valence electrons. The summed E-state index contributed by atoms with van der Waals surface area (Å²) in [5, 5.41) is 6.84. The van der Waals surface area contributed by atoms with Gasteiger partial charge in [-0.1, -0.05) is 6.07 Å². The Balaban J connectivity index is 2.26. The van der Waals surface area contributed by atoms with Crippen LogP contribution in [0.3, 0.4) is 0 Å². The molecule has 0 atom stereocenters. The smallest absolute Gasteiger partial charge is 0.257 e. The van der Waals surface area contributed by atoms with Gasteiger partial charge in [0, 0.05) is 30.6 Å². The summed E-state index contributed by atoms with van der Waals surface area (Å²) in [6, 6.07) is 5.34. The van der Waals surface area contributed by atoms with Crippen LogP contribution >= 0.6 is 0 Å². The summed E-state index contributed by atoms with van der Waals surface area (Å²) in [5.41, 5.74) is 8.89. The van der Waals surface area contributed by atoms with Gasteiger partial charge < -0.3 is 11.1 Å². The van der Waals surface area contributed by atoms with E-state index in [-0.39, 0.29) is 5.91 Å². The summed E-state index contributed by atoms with van der Waals surface area (Å²) in [7, 11) is 1.80. The number of aryl methyl sites for hydroxylation is 3.